The molecule has 2 saturated heterocycles. The van der Waals surface area contributed by atoms with Gasteiger partial charge in [-0.2, -0.15) is 35.6 Å². The molecule has 2 fully saturated rings. The number of amides is 3. The third kappa shape index (κ3) is 6.36. The molecule has 3 unspecified atom stereocenters. The smallest absolute Gasteiger partial charge is 0.423 e. The molecule has 0 saturated carbocycles. The summed E-state index contributed by atoms with van der Waals surface area (Å²) in [5.74, 6) is -60.5. The molecule has 2 aromatic rings. The number of nitrogens with zero attached hydrogens (tertiary/aromatic N) is 4. The fraction of sp³-hybridized carbons (Fsp3) is 0.533. The van der Waals surface area contributed by atoms with Crippen LogP contribution < -0.4 is 0 Å². The molecule has 4 rings (SSSR count). The Morgan fingerprint density at radius 3 is 1.29 bits per heavy atom. The van der Waals surface area contributed by atoms with Crippen LogP contribution >= 0.6 is 0 Å². The van der Waals surface area contributed by atoms with E-state index in [1.807, 2.05) is 0 Å². The number of piperazine rings is 1. The molecule has 28 nitrogen and oxygen atoms in total. The highest BCUT2D eigenvalue weighted by Gasteiger charge is 2.89. The number of aromatic hydroxyl groups is 6. The Morgan fingerprint density at radius 2 is 0.938 bits per heavy atom. The molecule has 3 amide bonds. The summed E-state index contributed by atoms with van der Waals surface area (Å²) >= 11 is 0. The van der Waals surface area contributed by atoms with Gasteiger partial charge in [0.15, 0.2) is 23.0 Å². The third-order valence-electron chi connectivity index (χ3n) is 10.7. The normalized spacial score (nSPS) is 25.5. The zero-order chi connectivity index (χ0) is 51.5. The summed E-state index contributed by atoms with van der Waals surface area (Å²) in [6.07, 6.45) is -12.7. The summed E-state index contributed by atoms with van der Waals surface area (Å²) in [5.41, 5.74) is -23.4. The van der Waals surface area contributed by atoms with Crippen LogP contribution in [-0.2, 0) is 28.6 Å². The molecule has 2 aliphatic heterocycles. The average molecular weight is 969 g/mol. The lowest BCUT2D eigenvalue weighted by molar-refractivity contribution is -0.629. The molecule has 2 heterocycles. The van der Waals surface area contributed by atoms with Crippen molar-refractivity contribution in [2.24, 2.45) is 0 Å². The van der Waals surface area contributed by atoms with Gasteiger partial charge < -0.3 is 112 Å². The van der Waals surface area contributed by atoms with Crippen molar-refractivity contribution in [3.63, 3.8) is 0 Å². The minimum atomic E-state index is -6.33. The predicted octanol–water partition coefficient (Wildman–Crippen LogP) is -7.13. The second kappa shape index (κ2) is 14.2. The second-order valence-corrected chi connectivity index (χ2v) is 14.7. The van der Waals surface area contributed by atoms with Crippen LogP contribution in [0.5, 0.6) is 34.5 Å². The number of phenols is 6. The molecule has 0 radical (unpaired) electrons. The molecule has 3 atom stereocenters. The second-order valence-electron chi connectivity index (χ2n) is 14.7. The maximum atomic E-state index is 14.8. The van der Waals surface area contributed by atoms with Crippen molar-refractivity contribution >= 4 is 11.9 Å². The zero-order valence-electron chi connectivity index (χ0n) is 32.2. The SMILES string of the molecule is CC(=O)N1C(O)(O)C(O)(O)N(C2C(O)(O)C(O)(O)N(C(=O)N(C)C(C)(O)c3c(O)c(C(F)(F)F)c(O)c(C(F)(F)F)c3O)C(O)(c3c(C)c(O)c(F)c(O)c3O)C2(O)O)C(O)(O)C1(O)O. The summed E-state index contributed by atoms with van der Waals surface area (Å²) in [6, 6.07) is -8.31. The van der Waals surface area contributed by atoms with E-state index < -0.39 is 171 Å². The van der Waals surface area contributed by atoms with E-state index in [9.17, 15) is 153 Å². The molecule has 2 aromatic carbocycles. The Bertz CT molecular complexity index is 2250. The summed E-state index contributed by atoms with van der Waals surface area (Å²) in [5, 5.41) is 242. The highest BCUT2D eigenvalue weighted by atomic mass is 19.4. The van der Waals surface area contributed by atoms with Gasteiger partial charge in [0.05, 0.1) is 11.1 Å². The van der Waals surface area contributed by atoms with Crippen LogP contribution in [0.3, 0.4) is 0 Å². The number of hydrogen-bond donors (Lipinski definition) is 22. The van der Waals surface area contributed by atoms with Gasteiger partial charge in [0.25, 0.3) is 5.79 Å². The first-order chi connectivity index (χ1) is 28.5. The van der Waals surface area contributed by atoms with Crippen LogP contribution in [0.15, 0.2) is 0 Å². The minimum Gasteiger partial charge on any atom is -0.507 e. The molecule has 22 N–H and O–H groups in total. The number of aliphatic hydroxyl groups is 16. The number of piperidine rings is 1. The van der Waals surface area contributed by atoms with Crippen molar-refractivity contribution in [3.8, 4) is 34.5 Å². The van der Waals surface area contributed by atoms with Gasteiger partial charge in [0.1, 0.15) is 34.4 Å². The summed E-state index contributed by atoms with van der Waals surface area (Å²) < 4.78 is 98.9. The highest BCUT2D eigenvalue weighted by Crippen LogP contribution is 2.61. The number of carbonyl (C=O) groups is 2. The maximum Gasteiger partial charge on any atom is 0.423 e. The summed E-state index contributed by atoms with van der Waals surface area (Å²) in [7, 11) is -0.200. The Kier molecular flexibility index (Phi) is 11.4. The van der Waals surface area contributed by atoms with Crippen LogP contribution in [0, 0.1) is 12.7 Å². The van der Waals surface area contributed by atoms with Crippen LogP contribution in [0.25, 0.3) is 0 Å². The Hall–Kier alpha value is -5.19. The van der Waals surface area contributed by atoms with Crippen LogP contribution in [-0.4, -0.2) is 198 Å². The van der Waals surface area contributed by atoms with Gasteiger partial charge in [-0.05, 0) is 13.8 Å². The number of phenolic OH excluding ortho intramolecular Hbond substituents is 6. The van der Waals surface area contributed by atoms with Crippen LogP contribution in [0.1, 0.15) is 41.7 Å². The van der Waals surface area contributed by atoms with Crippen molar-refractivity contribution in [3.05, 3.63) is 33.6 Å². The first kappa shape index (κ1) is 52.4. The summed E-state index contributed by atoms with van der Waals surface area (Å²) in [4.78, 5) is 20.3. The van der Waals surface area contributed by atoms with Crippen molar-refractivity contribution in [1.29, 1.82) is 0 Å². The zero-order valence-corrected chi connectivity index (χ0v) is 32.2. The van der Waals surface area contributed by atoms with E-state index in [1.165, 1.54) is 0 Å². The number of likely N-dealkylation sites (tertiary alicyclic amines) is 1. The van der Waals surface area contributed by atoms with E-state index in [-0.39, 0.29) is 27.8 Å². The first-order valence-electron chi connectivity index (χ1n) is 16.7. The van der Waals surface area contributed by atoms with Gasteiger partial charge in [-0.3, -0.25) is 9.69 Å². The van der Waals surface area contributed by atoms with E-state index in [4.69, 9.17) is 0 Å². The number of rotatable bonds is 4. The molecule has 368 valence electrons. The lowest BCUT2D eigenvalue weighted by Crippen LogP contribution is -2.98. The molecule has 2 aliphatic rings. The van der Waals surface area contributed by atoms with Crippen LogP contribution in [0.2, 0.25) is 0 Å². The Morgan fingerprint density at radius 1 is 0.569 bits per heavy atom. The quantitative estimate of drug-likeness (QED) is 0.0586. The molecule has 0 bridgehead atoms. The standard InChI is InChI=1S/C30H35F7N4O24/c1-5-7(16(47)17(48)11(31)12(5)43)21(51)22(52,53)18(40-29(62,63)27(58,59)39(6(2)42)28(60,61)30(40,64)65)23(54,55)26(56,57)41(21)19(49)38(4)20(3,50)8-13(44)9(24(32,33)34)15(46)10(14(8)45)25(35,36)37/h18,43-48,50-65H,1-4H3. The molecular weight excluding hydrogens is 933 g/mol. The molecule has 0 spiro atoms. The first-order valence-corrected chi connectivity index (χ1v) is 16.7. The fourth-order valence-corrected chi connectivity index (χ4v) is 7.42. The van der Waals surface area contributed by atoms with E-state index >= 15 is 0 Å². The van der Waals surface area contributed by atoms with Gasteiger partial charge in [-0.15, -0.1) is 0 Å². The van der Waals surface area contributed by atoms with Crippen molar-refractivity contribution in [2.45, 2.75) is 91.7 Å². The molecule has 65 heavy (non-hydrogen) atoms. The topological polar surface area (TPSA) is 492 Å². The van der Waals surface area contributed by atoms with Gasteiger partial charge in [-0.1, -0.05) is 0 Å². The lowest BCUT2D eigenvalue weighted by Gasteiger charge is -2.68. The van der Waals surface area contributed by atoms with Crippen LogP contribution in [0.4, 0.5) is 35.5 Å². The van der Waals surface area contributed by atoms with Crippen molar-refractivity contribution in [1.82, 2.24) is 19.6 Å². The van der Waals surface area contributed by atoms with E-state index in [0.717, 1.165) is 0 Å². The fourth-order valence-electron chi connectivity index (χ4n) is 7.42. The monoisotopic (exact) mass is 968 g/mol. The third-order valence-corrected chi connectivity index (χ3v) is 10.7. The number of urea groups is 1. The van der Waals surface area contributed by atoms with Gasteiger partial charge in [0, 0.05) is 19.5 Å². The highest BCUT2D eigenvalue weighted by molar-refractivity contribution is 5.79. The van der Waals surface area contributed by atoms with Crippen molar-refractivity contribution < 1.29 is 153 Å². The molecule has 0 aliphatic carbocycles. The molecular formula is C30H35F7N4O24. The van der Waals surface area contributed by atoms with E-state index in [0.29, 0.717) is 0 Å². The van der Waals surface area contributed by atoms with Crippen molar-refractivity contribution in [2.75, 3.05) is 7.05 Å². The predicted molar refractivity (Wildman–Crippen MR) is 174 cm³/mol. The number of hydrogen-bond acceptors (Lipinski definition) is 25. The average Bonchev–Trinajstić information content (AvgIpc) is 3.08. The number of carbonyl (C=O) groups excluding carboxylic acids is 2. The van der Waals surface area contributed by atoms with Gasteiger partial charge in [0.2, 0.25) is 23.2 Å². The Labute approximate surface area is 351 Å². The molecule has 35 heteroatoms. The minimum absolute atomic E-state index is 0.0558. The summed E-state index contributed by atoms with van der Waals surface area (Å²) in [6.45, 7) is -0.00164. The van der Waals surface area contributed by atoms with E-state index in [2.05, 4.69) is 0 Å². The number of benzene rings is 2. The Balaban J connectivity index is 2.27. The largest absolute Gasteiger partial charge is 0.507 e. The molecule has 0 aromatic heterocycles. The van der Waals surface area contributed by atoms with Gasteiger partial charge in [-0.25, -0.2) is 14.6 Å². The number of alkyl halides is 6. The lowest BCUT2D eigenvalue weighted by atomic mass is 9.73. The number of halogens is 7. The van der Waals surface area contributed by atoms with E-state index in [1.54, 1.807) is 0 Å². The van der Waals surface area contributed by atoms with Gasteiger partial charge >= 0.3 is 47.9 Å². The maximum absolute atomic E-state index is 14.8.